The first-order chi connectivity index (χ1) is 12.5. The van der Waals surface area contributed by atoms with Gasteiger partial charge >= 0.3 is 0 Å². The van der Waals surface area contributed by atoms with Crippen LogP contribution in [-0.2, 0) is 10.0 Å². The van der Waals surface area contributed by atoms with Crippen molar-refractivity contribution < 1.29 is 13.2 Å². The minimum atomic E-state index is -3.67. The first-order valence-corrected chi connectivity index (χ1v) is 10.2. The predicted molar refractivity (Wildman–Crippen MR) is 107 cm³/mol. The van der Waals surface area contributed by atoms with Crippen LogP contribution in [0.15, 0.2) is 59.5 Å². The summed E-state index contributed by atoms with van der Waals surface area (Å²) >= 11 is 0. The summed E-state index contributed by atoms with van der Waals surface area (Å²) in [6.07, 6.45) is 0. The molecular weight excluding hydrogens is 386 g/mol. The van der Waals surface area contributed by atoms with Crippen molar-refractivity contribution in [2.75, 3.05) is 30.9 Å². The molecule has 2 aliphatic heterocycles. The third-order valence-corrected chi connectivity index (χ3v) is 6.49. The highest BCUT2D eigenvalue weighted by Gasteiger charge is 2.38. The summed E-state index contributed by atoms with van der Waals surface area (Å²) in [5.74, 6) is 1.01. The van der Waals surface area contributed by atoms with Crippen LogP contribution < -0.4 is 10.0 Å². The molecule has 4 rings (SSSR count). The fraction of sp³-hybridized carbons (Fsp3) is 0.316. The van der Waals surface area contributed by atoms with Gasteiger partial charge in [-0.15, -0.1) is 12.4 Å². The number of carbonyl (C=O) groups is 1. The number of hydrogen-bond donors (Lipinski definition) is 2. The van der Waals surface area contributed by atoms with E-state index in [2.05, 4.69) is 10.0 Å². The SMILES string of the molecule is Cl.O=C(c1cccc(NS(=O)(=O)c2ccccc2)c1)N1C[C@H]2CNC[C@H]2C1. The number of nitrogens with zero attached hydrogens (tertiary/aromatic N) is 1. The number of benzene rings is 2. The first-order valence-electron chi connectivity index (χ1n) is 8.71. The van der Waals surface area contributed by atoms with Gasteiger partial charge in [-0.05, 0) is 42.2 Å². The van der Waals surface area contributed by atoms with Crippen LogP contribution in [0.1, 0.15) is 10.4 Å². The molecule has 2 atom stereocenters. The van der Waals surface area contributed by atoms with Crippen molar-refractivity contribution in [3.8, 4) is 0 Å². The Morgan fingerprint density at radius 1 is 1.00 bits per heavy atom. The maximum Gasteiger partial charge on any atom is 0.261 e. The number of anilines is 1. The Kier molecular flexibility index (Phi) is 5.74. The van der Waals surface area contributed by atoms with Crippen LogP contribution in [0, 0.1) is 11.8 Å². The monoisotopic (exact) mass is 407 g/mol. The number of fused-ring (bicyclic) bond motifs is 1. The van der Waals surface area contributed by atoms with E-state index in [0.29, 0.717) is 23.1 Å². The Balaban J connectivity index is 0.00000210. The van der Waals surface area contributed by atoms with Crippen LogP contribution in [0.5, 0.6) is 0 Å². The summed E-state index contributed by atoms with van der Waals surface area (Å²) < 4.78 is 27.5. The summed E-state index contributed by atoms with van der Waals surface area (Å²) in [6, 6.07) is 14.9. The van der Waals surface area contributed by atoms with Gasteiger partial charge in [0.15, 0.2) is 0 Å². The lowest BCUT2D eigenvalue weighted by Gasteiger charge is -2.18. The largest absolute Gasteiger partial charge is 0.338 e. The number of sulfonamides is 1. The van der Waals surface area contributed by atoms with E-state index >= 15 is 0 Å². The zero-order valence-electron chi connectivity index (χ0n) is 14.7. The topological polar surface area (TPSA) is 78.5 Å². The second-order valence-electron chi connectivity index (χ2n) is 6.89. The van der Waals surface area contributed by atoms with Crippen LogP contribution in [-0.4, -0.2) is 45.4 Å². The maximum atomic E-state index is 12.8. The molecule has 8 heteroatoms. The van der Waals surface area contributed by atoms with Gasteiger partial charge in [0.05, 0.1) is 4.90 Å². The fourth-order valence-corrected chi connectivity index (χ4v) is 4.80. The van der Waals surface area contributed by atoms with E-state index in [1.165, 1.54) is 12.1 Å². The van der Waals surface area contributed by atoms with Crippen LogP contribution in [0.25, 0.3) is 0 Å². The molecule has 2 aromatic rings. The van der Waals surface area contributed by atoms with Gasteiger partial charge in [0, 0.05) is 37.4 Å². The van der Waals surface area contributed by atoms with Crippen LogP contribution >= 0.6 is 12.4 Å². The van der Waals surface area contributed by atoms with Gasteiger partial charge in [0.2, 0.25) is 0 Å². The average Bonchev–Trinajstić information content (AvgIpc) is 3.24. The van der Waals surface area contributed by atoms with Gasteiger partial charge in [-0.1, -0.05) is 24.3 Å². The summed E-state index contributed by atoms with van der Waals surface area (Å²) in [4.78, 5) is 14.9. The minimum absolute atomic E-state index is 0. The Morgan fingerprint density at radius 3 is 2.33 bits per heavy atom. The molecular formula is C19H22ClN3O3S. The van der Waals surface area contributed by atoms with E-state index < -0.39 is 10.0 Å². The van der Waals surface area contributed by atoms with Crippen LogP contribution in [0.4, 0.5) is 5.69 Å². The average molecular weight is 408 g/mol. The molecule has 2 saturated heterocycles. The predicted octanol–water partition coefficient (Wildman–Crippen LogP) is 2.20. The normalized spacial score (nSPS) is 21.4. The van der Waals surface area contributed by atoms with Crippen molar-refractivity contribution in [2.24, 2.45) is 11.8 Å². The standard InChI is InChI=1S/C19H21N3O3S.ClH/c23-19(22-12-15-10-20-11-16(15)13-22)14-5-4-6-17(9-14)21-26(24,25)18-7-2-1-3-8-18;/h1-9,15-16,20-21H,10-13H2;1H/t15-,16+;. The smallest absolute Gasteiger partial charge is 0.261 e. The van der Waals surface area contributed by atoms with Crippen LogP contribution in [0.3, 0.4) is 0 Å². The Hall–Kier alpha value is -2.09. The molecule has 1 amide bonds. The summed E-state index contributed by atoms with van der Waals surface area (Å²) in [6.45, 7) is 3.45. The number of likely N-dealkylation sites (tertiary alicyclic amines) is 1. The summed E-state index contributed by atoms with van der Waals surface area (Å²) in [5.41, 5.74) is 0.895. The fourth-order valence-electron chi connectivity index (χ4n) is 3.73. The molecule has 2 aliphatic rings. The van der Waals surface area contributed by atoms with Crippen molar-refractivity contribution in [3.63, 3.8) is 0 Å². The van der Waals surface area contributed by atoms with E-state index in [4.69, 9.17) is 0 Å². The van der Waals surface area contributed by atoms with Gasteiger partial charge < -0.3 is 10.2 Å². The van der Waals surface area contributed by atoms with E-state index in [0.717, 1.165) is 26.2 Å². The Morgan fingerprint density at radius 2 is 1.67 bits per heavy atom. The Labute approximate surface area is 165 Å². The third-order valence-electron chi connectivity index (χ3n) is 5.09. The zero-order valence-corrected chi connectivity index (χ0v) is 16.3. The van der Waals surface area contributed by atoms with Gasteiger partial charge in [0.1, 0.15) is 0 Å². The maximum absolute atomic E-state index is 12.8. The summed E-state index contributed by atoms with van der Waals surface area (Å²) in [7, 11) is -3.67. The molecule has 0 unspecified atom stereocenters. The van der Waals surface area contributed by atoms with E-state index in [1.54, 1.807) is 42.5 Å². The molecule has 0 aliphatic carbocycles. The number of hydrogen-bond acceptors (Lipinski definition) is 4. The lowest BCUT2D eigenvalue weighted by Crippen LogP contribution is -2.31. The van der Waals surface area contributed by atoms with Gasteiger partial charge in [-0.25, -0.2) is 8.42 Å². The molecule has 144 valence electrons. The van der Waals surface area contributed by atoms with Crippen molar-refractivity contribution in [1.29, 1.82) is 0 Å². The molecule has 0 spiro atoms. The van der Waals surface area contributed by atoms with Crippen LogP contribution in [0.2, 0.25) is 0 Å². The number of carbonyl (C=O) groups excluding carboxylic acids is 1. The molecule has 2 N–H and O–H groups in total. The quantitative estimate of drug-likeness (QED) is 0.814. The molecule has 6 nitrogen and oxygen atoms in total. The Bertz CT molecular complexity index is 909. The number of amides is 1. The number of rotatable bonds is 4. The molecule has 0 saturated carbocycles. The van der Waals surface area contributed by atoms with Crippen molar-refractivity contribution >= 4 is 34.0 Å². The lowest BCUT2D eigenvalue weighted by molar-refractivity contribution is 0.0781. The summed E-state index contributed by atoms with van der Waals surface area (Å²) in [5, 5.41) is 3.36. The molecule has 27 heavy (non-hydrogen) atoms. The third kappa shape index (κ3) is 4.10. The molecule has 0 radical (unpaired) electrons. The number of nitrogens with one attached hydrogen (secondary N) is 2. The van der Waals surface area contributed by atoms with Gasteiger partial charge in [0.25, 0.3) is 15.9 Å². The molecule has 2 fully saturated rings. The lowest BCUT2D eigenvalue weighted by atomic mass is 10.0. The zero-order chi connectivity index (χ0) is 18.1. The van der Waals surface area contributed by atoms with Crippen molar-refractivity contribution in [2.45, 2.75) is 4.90 Å². The molecule has 0 aromatic heterocycles. The van der Waals surface area contributed by atoms with E-state index in [9.17, 15) is 13.2 Å². The van der Waals surface area contributed by atoms with E-state index in [-0.39, 0.29) is 23.2 Å². The second-order valence-corrected chi connectivity index (χ2v) is 8.57. The molecule has 0 bridgehead atoms. The highest BCUT2D eigenvalue weighted by Crippen LogP contribution is 2.28. The minimum Gasteiger partial charge on any atom is -0.338 e. The van der Waals surface area contributed by atoms with Crippen molar-refractivity contribution in [1.82, 2.24) is 10.2 Å². The first kappa shape index (κ1) is 19.7. The molecule has 2 aromatic carbocycles. The number of halogens is 1. The van der Waals surface area contributed by atoms with Gasteiger partial charge in [-0.2, -0.15) is 0 Å². The molecule has 2 heterocycles. The van der Waals surface area contributed by atoms with E-state index in [1.807, 2.05) is 4.90 Å². The van der Waals surface area contributed by atoms with Gasteiger partial charge in [-0.3, -0.25) is 9.52 Å². The highest BCUT2D eigenvalue weighted by molar-refractivity contribution is 7.92. The van der Waals surface area contributed by atoms with Crippen molar-refractivity contribution in [3.05, 3.63) is 60.2 Å². The highest BCUT2D eigenvalue weighted by atomic mass is 35.5. The second kappa shape index (κ2) is 7.88.